The molecule has 0 aliphatic carbocycles. The van der Waals surface area contributed by atoms with Gasteiger partial charge in [0.1, 0.15) is 0 Å². The molecule has 0 bridgehead atoms. The van der Waals surface area contributed by atoms with Crippen molar-refractivity contribution in [3.8, 4) is 0 Å². The van der Waals surface area contributed by atoms with E-state index >= 15 is 0 Å². The smallest absolute Gasteiger partial charge is 0.276 e. The Hall–Kier alpha value is -1.64. The molecule has 0 aromatic heterocycles. The summed E-state index contributed by atoms with van der Waals surface area (Å²) in [6.45, 7) is 0.166. The van der Waals surface area contributed by atoms with Crippen molar-refractivity contribution in [2.45, 2.75) is 6.54 Å². The van der Waals surface area contributed by atoms with Gasteiger partial charge in [-0.15, -0.1) is 0 Å². The highest BCUT2D eigenvalue weighted by Crippen LogP contribution is 2.04. The number of benzene rings is 1. The lowest BCUT2D eigenvalue weighted by molar-refractivity contribution is 0.318. The topological polar surface area (TPSA) is 117 Å². The summed E-state index contributed by atoms with van der Waals surface area (Å²) in [7, 11) is -2.11. The Kier molecular flexibility index (Phi) is 4.44. The predicted octanol–water partition coefficient (Wildman–Crippen LogP) is -0.665. The van der Waals surface area contributed by atoms with E-state index in [1.54, 1.807) is 24.3 Å². The average molecular weight is 258 g/mol. The van der Waals surface area contributed by atoms with Crippen LogP contribution in [0.2, 0.25) is 0 Å². The summed E-state index contributed by atoms with van der Waals surface area (Å²) in [5.74, 6) is 0.00681. The van der Waals surface area contributed by atoms with Crippen LogP contribution in [0.1, 0.15) is 11.1 Å². The summed E-state index contributed by atoms with van der Waals surface area (Å²) in [6, 6.07) is 6.65. The van der Waals surface area contributed by atoms with Gasteiger partial charge in [-0.1, -0.05) is 29.4 Å². The summed E-state index contributed by atoms with van der Waals surface area (Å²) < 4.78 is 26.7. The van der Waals surface area contributed by atoms with Gasteiger partial charge < -0.3 is 10.9 Å². The van der Waals surface area contributed by atoms with Crippen molar-refractivity contribution >= 4 is 16.0 Å². The van der Waals surface area contributed by atoms with Crippen LogP contribution in [0.5, 0.6) is 0 Å². The lowest BCUT2D eigenvalue weighted by Gasteiger charge is -2.05. The van der Waals surface area contributed by atoms with Crippen LogP contribution in [-0.4, -0.2) is 26.5 Å². The molecular formula is C9H14N4O3S. The standard InChI is InChI=1S/C9H14N4O3S/c1-11-17(15,16)12-6-7-2-4-8(5-3-7)9(10)13-14/h2-5,11-12,14H,6H2,1H3,(H2,10,13). The van der Waals surface area contributed by atoms with E-state index in [1.165, 1.54) is 7.05 Å². The second-order valence-corrected chi connectivity index (χ2v) is 4.91. The molecule has 7 nitrogen and oxygen atoms in total. The van der Waals surface area contributed by atoms with E-state index < -0.39 is 10.2 Å². The zero-order chi connectivity index (χ0) is 12.9. The minimum absolute atomic E-state index is 0.00681. The molecule has 0 radical (unpaired) electrons. The summed E-state index contributed by atoms with van der Waals surface area (Å²) in [6.07, 6.45) is 0. The van der Waals surface area contributed by atoms with Gasteiger partial charge in [-0.05, 0) is 5.56 Å². The molecule has 0 spiro atoms. The van der Waals surface area contributed by atoms with Crippen molar-refractivity contribution in [1.29, 1.82) is 0 Å². The van der Waals surface area contributed by atoms with E-state index in [0.717, 1.165) is 5.56 Å². The summed E-state index contributed by atoms with van der Waals surface area (Å²) in [5, 5.41) is 11.3. The molecule has 0 saturated heterocycles. The fraction of sp³-hybridized carbons (Fsp3) is 0.222. The number of nitrogens with two attached hydrogens (primary N) is 1. The van der Waals surface area contributed by atoms with E-state index in [0.29, 0.717) is 5.56 Å². The molecule has 17 heavy (non-hydrogen) atoms. The molecule has 0 aliphatic heterocycles. The molecule has 0 unspecified atom stereocenters. The minimum Gasteiger partial charge on any atom is -0.409 e. The molecule has 1 aromatic carbocycles. The summed E-state index contributed by atoms with van der Waals surface area (Å²) in [4.78, 5) is 0. The van der Waals surface area contributed by atoms with Crippen LogP contribution in [0.15, 0.2) is 29.4 Å². The molecule has 1 rings (SSSR count). The van der Waals surface area contributed by atoms with E-state index in [1.807, 2.05) is 0 Å². The van der Waals surface area contributed by atoms with Gasteiger partial charge in [0.2, 0.25) is 0 Å². The highest BCUT2D eigenvalue weighted by atomic mass is 32.2. The number of nitrogens with zero attached hydrogens (tertiary/aromatic N) is 1. The SMILES string of the molecule is CNS(=O)(=O)NCc1ccc(/C(N)=N/O)cc1. The molecule has 8 heteroatoms. The fourth-order valence-electron chi connectivity index (χ4n) is 1.10. The Morgan fingerprint density at radius 2 is 2.00 bits per heavy atom. The lowest BCUT2D eigenvalue weighted by Crippen LogP contribution is -2.33. The second kappa shape index (κ2) is 5.62. The third-order valence-electron chi connectivity index (χ3n) is 2.09. The van der Waals surface area contributed by atoms with Crippen molar-refractivity contribution in [2.75, 3.05) is 7.05 Å². The maximum absolute atomic E-state index is 11.1. The molecule has 0 amide bonds. The van der Waals surface area contributed by atoms with Crippen molar-refractivity contribution in [1.82, 2.24) is 9.44 Å². The van der Waals surface area contributed by atoms with Gasteiger partial charge in [-0.3, -0.25) is 0 Å². The van der Waals surface area contributed by atoms with Gasteiger partial charge in [0.25, 0.3) is 10.2 Å². The summed E-state index contributed by atoms with van der Waals surface area (Å²) >= 11 is 0. The number of hydrogen-bond acceptors (Lipinski definition) is 4. The number of oxime groups is 1. The third-order valence-corrected chi connectivity index (χ3v) is 3.15. The maximum Gasteiger partial charge on any atom is 0.276 e. The van der Waals surface area contributed by atoms with Gasteiger partial charge in [0.05, 0.1) is 0 Å². The molecule has 5 N–H and O–H groups in total. The van der Waals surface area contributed by atoms with E-state index in [4.69, 9.17) is 10.9 Å². The first-order valence-corrected chi connectivity index (χ1v) is 6.22. The zero-order valence-electron chi connectivity index (χ0n) is 9.21. The Morgan fingerprint density at radius 3 is 2.47 bits per heavy atom. The molecule has 0 aliphatic rings. The number of rotatable bonds is 5. The number of amidine groups is 1. The van der Waals surface area contributed by atoms with E-state index in [2.05, 4.69) is 14.6 Å². The quantitative estimate of drug-likeness (QED) is 0.242. The number of hydrogen-bond donors (Lipinski definition) is 4. The average Bonchev–Trinajstić information content (AvgIpc) is 2.36. The highest BCUT2D eigenvalue weighted by molar-refractivity contribution is 7.87. The maximum atomic E-state index is 11.1. The largest absolute Gasteiger partial charge is 0.409 e. The van der Waals surface area contributed by atoms with Gasteiger partial charge in [-0.25, -0.2) is 4.72 Å². The number of nitrogens with one attached hydrogen (secondary N) is 2. The highest BCUT2D eigenvalue weighted by Gasteiger charge is 2.05. The molecular weight excluding hydrogens is 244 g/mol. The molecule has 0 fully saturated rings. The van der Waals surface area contributed by atoms with Crippen LogP contribution in [-0.2, 0) is 16.8 Å². The second-order valence-electron chi connectivity index (χ2n) is 3.21. The Labute approximate surface area is 99.5 Å². The normalized spacial score (nSPS) is 12.6. The van der Waals surface area contributed by atoms with Gasteiger partial charge in [0.15, 0.2) is 5.84 Å². The van der Waals surface area contributed by atoms with Crippen molar-refractivity contribution < 1.29 is 13.6 Å². The molecule has 0 heterocycles. The first kappa shape index (κ1) is 13.4. The lowest BCUT2D eigenvalue weighted by atomic mass is 10.1. The van der Waals surface area contributed by atoms with Crippen molar-refractivity contribution in [2.24, 2.45) is 10.9 Å². The van der Waals surface area contributed by atoms with Crippen LogP contribution in [0.4, 0.5) is 0 Å². The first-order valence-electron chi connectivity index (χ1n) is 4.73. The monoisotopic (exact) mass is 258 g/mol. The minimum atomic E-state index is -3.44. The van der Waals surface area contributed by atoms with Crippen molar-refractivity contribution in [3.63, 3.8) is 0 Å². The molecule has 94 valence electrons. The van der Waals surface area contributed by atoms with Crippen LogP contribution in [0, 0.1) is 0 Å². The third kappa shape index (κ3) is 4.02. The Morgan fingerprint density at radius 1 is 1.41 bits per heavy atom. The molecule has 0 atom stereocenters. The zero-order valence-corrected chi connectivity index (χ0v) is 10.0. The van der Waals surface area contributed by atoms with Crippen LogP contribution in [0.3, 0.4) is 0 Å². The van der Waals surface area contributed by atoms with Crippen LogP contribution in [0.25, 0.3) is 0 Å². The predicted molar refractivity (Wildman–Crippen MR) is 63.8 cm³/mol. The molecule has 1 aromatic rings. The van der Waals surface area contributed by atoms with Gasteiger partial charge in [-0.2, -0.15) is 13.1 Å². The molecule has 0 saturated carbocycles. The van der Waals surface area contributed by atoms with Gasteiger partial charge in [0, 0.05) is 19.2 Å². The van der Waals surface area contributed by atoms with Crippen LogP contribution < -0.4 is 15.2 Å². The Bertz CT molecular complexity index is 495. The summed E-state index contributed by atoms with van der Waals surface area (Å²) in [5.41, 5.74) is 6.71. The Balaban J connectivity index is 2.70. The fourth-order valence-corrected chi connectivity index (χ4v) is 1.60. The first-order chi connectivity index (χ1) is 7.98. The van der Waals surface area contributed by atoms with E-state index in [-0.39, 0.29) is 12.4 Å². The van der Waals surface area contributed by atoms with Crippen LogP contribution >= 0.6 is 0 Å². The van der Waals surface area contributed by atoms with Crippen molar-refractivity contribution in [3.05, 3.63) is 35.4 Å². The van der Waals surface area contributed by atoms with Gasteiger partial charge >= 0.3 is 0 Å². The van der Waals surface area contributed by atoms with E-state index in [9.17, 15) is 8.42 Å².